The highest BCUT2D eigenvalue weighted by Gasteiger charge is 2.15. The first-order chi connectivity index (χ1) is 10.2. The molecule has 5 nitrogen and oxygen atoms in total. The fourth-order valence-electron chi connectivity index (χ4n) is 2.66. The van der Waals surface area contributed by atoms with Crippen molar-refractivity contribution in [2.45, 2.75) is 44.6 Å². The van der Waals surface area contributed by atoms with E-state index in [0.717, 1.165) is 12.8 Å². The molecule has 116 valence electrons. The van der Waals surface area contributed by atoms with E-state index in [1.165, 1.54) is 25.7 Å². The molecule has 1 aromatic carbocycles. The van der Waals surface area contributed by atoms with Gasteiger partial charge in [-0.1, -0.05) is 25.7 Å². The number of benzene rings is 1. The second-order valence-electron chi connectivity index (χ2n) is 5.39. The zero-order chi connectivity index (χ0) is 15.1. The van der Waals surface area contributed by atoms with Crippen molar-refractivity contribution in [2.24, 2.45) is 0 Å². The number of nitrogens with one attached hydrogen (secondary N) is 2. The summed E-state index contributed by atoms with van der Waals surface area (Å²) in [5.41, 5.74) is 0.664. The number of hydrogen-bond donors (Lipinski definition) is 2. The quantitative estimate of drug-likeness (QED) is 0.834. The summed E-state index contributed by atoms with van der Waals surface area (Å²) in [6, 6.07) is 5.43. The van der Waals surface area contributed by atoms with Crippen LogP contribution in [0.4, 0.5) is 10.5 Å². The highest BCUT2D eigenvalue weighted by Crippen LogP contribution is 2.25. The molecule has 2 rings (SSSR count). The first-order valence-electron chi connectivity index (χ1n) is 7.52. The maximum Gasteiger partial charge on any atom is 0.319 e. The molecule has 1 aliphatic rings. The van der Waals surface area contributed by atoms with E-state index in [0.29, 0.717) is 17.2 Å². The van der Waals surface area contributed by atoms with Gasteiger partial charge in [-0.05, 0) is 12.8 Å². The SMILES string of the molecule is COc1cc(NC(=O)NC2CCCCCC2)cc(OC)c1. The van der Waals surface area contributed by atoms with Gasteiger partial charge in [0.05, 0.1) is 14.2 Å². The molecule has 2 N–H and O–H groups in total. The Morgan fingerprint density at radius 1 is 1.00 bits per heavy atom. The Bertz CT molecular complexity index is 446. The van der Waals surface area contributed by atoms with Gasteiger partial charge in [0.2, 0.25) is 0 Å². The number of ether oxygens (including phenoxy) is 2. The lowest BCUT2D eigenvalue weighted by Gasteiger charge is -2.17. The largest absolute Gasteiger partial charge is 0.497 e. The van der Waals surface area contributed by atoms with Crippen LogP contribution in [0.1, 0.15) is 38.5 Å². The van der Waals surface area contributed by atoms with E-state index in [1.807, 2.05) is 0 Å². The van der Waals surface area contributed by atoms with Crippen molar-refractivity contribution in [3.05, 3.63) is 18.2 Å². The summed E-state index contributed by atoms with van der Waals surface area (Å²) >= 11 is 0. The van der Waals surface area contributed by atoms with Crippen LogP contribution in [0, 0.1) is 0 Å². The molecule has 1 aliphatic carbocycles. The van der Waals surface area contributed by atoms with Crippen molar-refractivity contribution in [1.29, 1.82) is 0 Å². The monoisotopic (exact) mass is 292 g/mol. The van der Waals surface area contributed by atoms with Crippen LogP contribution in [-0.2, 0) is 0 Å². The number of anilines is 1. The third-order valence-electron chi connectivity index (χ3n) is 3.80. The first-order valence-corrected chi connectivity index (χ1v) is 7.52. The van der Waals surface area contributed by atoms with Crippen molar-refractivity contribution >= 4 is 11.7 Å². The number of rotatable bonds is 4. The maximum atomic E-state index is 12.1. The van der Waals surface area contributed by atoms with Crippen LogP contribution in [0.3, 0.4) is 0 Å². The van der Waals surface area contributed by atoms with Crippen LogP contribution >= 0.6 is 0 Å². The number of amides is 2. The minimum Gasteiger partial charge on any atom is -0.497 e. The fourth-order valence-corrected chi connectivity index (χ4v) is 2.66. The van der Waals surface area contributed by atoms with Gasteiger partial charge in [0.15, 0.2) is 0 Å². The Balaban J connectivity index is 1.95. The predicted molar refractivity (Wildman–Crippen MR) is 83.2 cm³/mol. The Morgan fingerprint density at radius 2 is 1.57 bits per heavy atom. The smallest absolute Gasteiger partial charge is 0.319 e. The van der Waals surface area contributed by atoms with Gasteiger partial charge in [-0.15, -0.1) is 0 Å². The standard InChI is InChI=1S/C16H24N2O3/c1-20-14-9-13(10-15(11-14)21-2)18-16(19)17-12-7-5-3-4-6-8-12/h9-12H,3-8H2,1-2H3,(H2,17,18,19). The van der Waals surface area contributed by atoms with Crippen LogP contribution in [-0.4, -0.2) is 26.3 Å². The summed E-state index contributed by atoms with van der Waals surface area (Å²) in [6.45, 7) is 0. The van der Waals surface area contributed by atoms with Gasteiger partial charge in [-0.2, -0.15) is 0 Å². The normalized spacial score (nSPS) is 15.9. The van der Waals surface area contributed by atoms with Crippen molar-refractivity contribution in [2.75, 3.05) is 19.5 Å². The minimum absolute atomic E-state index is 0.169. The number of methoxy groups -OCH3 is 2. The first kappa shape index (κ1) is 15.5. The molecular weight excluding hydrogens is 268 g/mol. The average Bonchev–Trinajstić information content (AvgIpc) is 2.75. The van der Waals surface area contributed by atoms with Crippen LogP contribution in [0.2, 0.25) is 0 Å². The summed E-state index contributed by atoms with van der Waals surface area (Å²) in [5.74, 6) is 1.30. The molecule has 1 fully saturated rings. The van der Waals surface area contributed by atoms with Crippen molar-refractivity contribution < 1.29 is 14.3 Å². The lowest BCUT2D eigenvalue weighted by atomic mass is 10.1. The molecule has 0 unspecified atom stereocenters. The summed E-state index contributed by atoms with van der Waals surface area (Å²) in [4.78, 5) is 12.1. The van der Waals surface area contributed by atoms with Crippen LogP contribution < -0.4 is 20.1 Å². The van der Waals surface area contributed by atoms with Crippen LogP contribution in [0.5, 0.6) is 11.5 Å². The lowest BCUT2D eigenvalue weighted by Crippen LogP contribution is -2.37. The third-order valence-corrected chi connectivity index (χ3v) is 3.80. The molecule has 0 heterocycles. The summed E-state index contributed by atoms with van der Waals surface area (Å²) < 4.78 is 10.4. The van der Waals surface area contributed by atoms with Crippen LogP contribution in [0.15, 0.2) is 18.2 Å². The van der Waals surface area contributed by atoms with E-state index < -0.39 is 0 Å². The molecule has 0 bridgehead atoms. The molecule has 0 atom stereocenters. The lowest BCUT2D eigenvalue weighted by molar-refractivity contribution is 0.247. The van der Waals surface area contributed by atoms with E-state index in [2.05, 4.69) is 10.6 Å². The Hall–Kier alpha value is -1.91. The minimum atomic E-state index is -0.169. The molecule has 0 aromatic heterocycles. The Labute approximate surface area is 126 Å². The molecule has 21 heavy (non-hydrogen) atoms. The zero-order valence-corrected chi connectivity index (χ0v) is 12.8. The average molecular weight is 292 g/mol. The Morgan fingerprint density at radius 3 is 2.10 bits per heavy atom. The van der Waals surface area contributed by atoms with Gasteiger partial charge in [0.25, 0.3) is 0 Å². The molecule has 0 saturated heterocycles. The van der Waals surface area contributed by atoms with Crippen LogP contribution in [0.25, 0.3) is 0 Å². The van der Waals surface area contributed by atoms with Gasteiger partial charge < -0.3 is 20.1 Å². The summed E-state index contributed by atoms with van der Waals surface area (Å²) in [7, 11) is 3.17. The summed E-state index contributed by atoms with van der Waals surface area (Å²) in [6.07, 6.45) is 7.05. The summed E-state index contributed by atoms with van der Waals surface area (Å²) in [5, 5.41) is 5.90. The molecule has 1 aromatic rings. The van der Waals surface area contributed by atoms with E-state index in [-0.39, 0.29) is 12.1 Å². The van der Waals surface area contributed by atoms with Crippen molar-refractivity contribution in [3.8, 4) is 11.5 Å². The topological polar surface area (TPSA) is 59.6 Å². The van der Waals surface area contributed by atoms with Gasteiger partial charge >= 0.3 is 6.03 Å². The number of urea groups is 1. The molecule has 5 heteroatoms. The Kier molecular flexibility index (Phi) is 5.72. The van der Waals surface area contributed by atoms with Gasteiger partial charge in [-0.25, -0.2) is 4.79 Å². The highest BCUT2D eigenvalue weighted by atomic mass is 16.5. The molecular formula is C16H24N2O3. The molecule has 0 spiro atoms. The van der Waals surface area contributed by atoms with Gasteiger partial charge in [0, 0.05) is 29.9 Å². The van der Waals surface area contributed by atoms with E-state index in [4.69, 9.17) is 9.47 Å². The second-order valence-corrected chi connectivity index (χ2v) is 5.39. The van der Waals surface area contributed by atoms with Crippen molar-refractivity contribution in [3.63, 3.8) is 0 Å². The fraction of sp³-hybridized carbons (Fsp3) is 0.562. The predicted octanol–water partition coefficient (Wildman–Crippen LogP) is 3.55. The number of carbonyl (C=O) groups excluding carboxylic acids is 1. The zero-order valence-electron chi connectivity index (χ0n) is 12.8. The maximum absolute atomic E-state index is 12.1. The van der Waals surface area contributed by atoms with E-state index in [9.17, 15) is 4.79 Å². The second kappa shape index (κ2) is 7.76. The van der Waals surface area contributed by atoms with Gasteiger partial charge in [-0.3, -0.25) is 0 Å². The molecule has 0 radical (unpaired) electrons. The molecule has 1 saturated carbocycles. The van der Waals surface area contributed by atoms with E-state index >= 15 is 0 Å². The van der Waals surface area contributed by atoms with Crippen molar-refractivity contribution in [1.82, 2.24) is 5.32 Å². The molecule has 0 aliphatic heterocycles. The third kappa shape index (κ3) is 4.85. The van der Waals surface area contributed by atoms with E-state index in [1.54, 1.807) is 32.4 Å². The number of carbonyl (C=O) groups is 1. The number of hydrogen-bond acceptors (Lipinski definition) is 3. The van der Waals surface area contributed by atoms with Gasteiger partial charge in [0.1, 0.15) is 11.5 Å². The molecule has 2 amide bonds. The highest BCUT2D eigenvalue weighted by molar-refractivity contribution is 5.90.